The predicted molar refractivity (Wildman–Crippen MR) is 72.3 cm³/mol. The molecule has 0 heterocycles. The quantitative estimate of drug-likeness (QED) is 0.606. The van der Waals surface area contributed by atoms with Crippen LogP contribution >= 0.6 is 0 Å². The van der Waals surface area contributed by atoms with Crippen molar-refractivity contribution in [2.45, 2.75) is 26.4 Å². The number of methoxy groups -OCH3 is 2. The minimum Gasteiger partial charge on any atom is -0.497 e. The summed E-state index contributed by atoms with van der Waals surface area (Å²) in [6.07, 6.45) is 0. The van der Waals surface area contributed by atoms with Crippen molar-refractivity contribution in [2.24, 2.45) is 0 Å². The highest BCUT2D eigenvalue weighted by Crippen LogP contribution is 2.23. The lowest BCUT2D eigenvalue weighted by atomic mass is 10.2. The molecule has 19 heavy (non-hydrogen) atoms. The van der Waals surface area contributed by atoms with Crippen molar-refractivity contribution >= 4 is 5.97 Å². The van der Waals surface area contributed by atoms with Crippen LogP contribution in [0.25, 0.3) is 0 Å². The minimum atomic E-state index is -0.564. The average molecular weight is 262 g/mol. The Balaban J connectivity index is 2.91. The first-order valence-electron chi connectivity index (χ1n) is 5.83. The molecule has 0 aliphatic heterocycles. The van der Waals surface area contributed by atoms with Crippen LogP contribution in [0.3, 0.4) is 0 Å². The lowest BCUT2D eigenvalue weighted by molar-refractivity contribution is -0.147. The van der Waals surface area contributed by atoms with Crippen molar-refractivity contribution in [3.8, 4) is 23.3 Å². The Hall–Kier alpha value is -2.15. The van der Waals surface area contributed by atoms with E-state index in [1.54, 1.807) is 46.1 Å². The molecule has 0 amide bonds. The highest BCUT2D eigenvalue weighted by atomic mass is 16.6. The fourth-order valence-electron chi connectivity index (χ4n) is 1.32. The van der Waals surface area contributed by atoms with Crippen LogP contribution in [-0.4, -0.2) is 25.8 Å². The zero-order valence-corrected chi connectivity index (χ0v) is 11.9. The molecule has 4 heteroatoms. The molecule has 0 spiro atoms. The minimum absolute atomic E-state index is 0.546. The van der Waals surface area contributed by atoms with Crippen molar-refractivity contribution in [1.82, 2.24) is 0 Å². The van der Waals surface area contributed by atoms with Gasteiger partial charge in [-0.3, -0.25) is 0 Å². The van der Waals surface area contributed by atoms with Crippen LogP contribution in [-0.2, 0) is 9.53 Å². The smallest absolute Gasteiger partial charge is 0.385 e. The Morgan fingerprint density at radius 2 is 1.84 bits per heavy atom. The van der Waals surface area contributed by atoms with E-state index in [4.69, 9.17) is 14.2 Å². The van der Waals surface area contributed by atoms with Gasteiger partial charge in [0.1, 0.15) is 17.1 Å². The van der Waals surface area contributed by atoms with Gasteiger partial charge in [0.25, 0.3) is 0 Å². The Bertz CT molecular complexity index is 515. The number of rotatable bonds is 2. The maximum Gasteiger partial charge on any atom is 0.385 e. The third-order valence-electron chi connectivity index (χ3n) is 2.11. The fourth-order valence-corrected chi connectivity index (χ4v) is 1.32. The van der Waals surface area contributed by atoms with Gasteiger partial charge in [0.2, 0.25) is 0 Å². The van der Waals surface area contributed by atoms with Crippen LogP contribution in [0.15, 0.2) is 18.2 Å². The van der Waals surface area contributed by atoms with E-state index >= 15 is 0 Å². The van der Waals surface area contributed by atoms with Gasteiger partial charge in [0.15, 0.2) is 0 Å². The Morgan fingerprint density at radius 1 is 1.16 bits per heavy atom. The first-order chi connectivity index (χ1) is 8.85. The molecule has 0 aromatic heterocycles. The molecule has 0 aliphatic rings. The van der Waals surface area contributed by atoms with E-state index in [1.807, 2.05) is 0 Å². The van der Waals surface area contributed by atoms with Gasteiger partial charge in [-0.15, -0.1) is 0 Å². The van der Waals surface area contributed by atoms with Crippen LogP contribution in [0, 0.1) is 11.8 Å². The average Bonchev–Trinajstić information content (AvgIpc) is 2.34. The van der Waals surface area contributed by atoms with E-state index in [0.717, 1.165) is 0 Å². The van der Waals surface area contributed by atoms with Crippen LogP contribution in [0.2, 0.25) is 0 Å². The molecular formula is C15H18O4. The number of carbonyl (C=O) groups excluding carboxylic acids is 1. The van der Waals surface area contributed by atoms with E-state index in [9.17, 15) is 4.79 Å². The van der Waals surface area contributed by atoms with E-state index in [-0.39, 0.29) is 0 Å². The van der Waals surface area contributed by atoms with Crippen LogP contribution in [0.1, 0.15) is 26.3 Å². The first-order valence-corrected chi connectivity index (χ1v) is 5.83. The molecule has 0 fully saturated rings. The summed E-state index contributed by atoms with van der Waals surface area (Å²) in [7, 11) is 3.11. The van der Waals surface area contributed by atoms with Crippen molar-refractivity contribution in [3.63, 3.8) is 0 Å². The molecule has 0 bridgehead atoms. The van der Waals surface area contributed by atoms with Gasteiger partial charge in [-0.2, -0.15) is 0 Å². The zero-order chi connectivity index (χ0) is 14.5. The van der Waals surface area contributed by atoms with Crippen LogP contribution in [0.4, 0.5) is 0 Å². The van der Waals surface area contributed by atoms with E-state index in [2.05, 4.69) is 11.8 Å². The van der Waals surface area contributed by atoms with Gasteiger partial charge in [0.05, 0.1) is 19.8 Å². The van der Waals surface area contributed by atoms with Crippen molar-refractivity contribution in [2.75, 3.05) is 14.2 Å². The molecule has 0 saturated heterocycles. The monoisotopic (exact) mass is 262 g/mol. The Kier molecular flexibility index (Phi) is 4.82. The van der Waals surface area contributed by atoms with E-state index in [1.165, 1.54) is 7.11 Å². The predicted octanol–water partition coefficient (Wildman–Crippen LogP) is 2.40. The molecule has 1 aromatic rings. The number of benzene rings is 1. The summed E-state index contributed by atoms with van der Waals surface area (Å²) in [6.45, 7) is 5.38. The molecule has 0 N–H and O–H groups in total. The number of ether oxygens (including phenoxy) is 3. The fraction of sp³-hybridized carbons (Fsp3) is 0.400. The SMILES string of the molecule is COc1ccc(C#CC(=O)OC(C)(C)C)c(OC)c1. The van der Waals surface area contributed by atoms with Gasteiger partial charge in [-0.1, -0.05) is 5.92 Å². The highest BCUT2D eigenvalue weighted by molar-refractivity contribution is 5.89. The van der Waals surface area contributed by atoms with Crippen molar-refractivity contribution in [1.29, 1.82) is 0 Å². The third kappa shape index (κ3) is 4.92. The van der Waals surface area contributed by atoms with Gasteiger partial charge >= 0.3 is 5.97 Å². The lowest BCUT2D eigenvalue weighted by Crippen LogP contribution is -2.22. The summed E-state index contributed by atoms with van der Waals surface area (Å²) in [6, 6.07) is 5.19. The Labute approximate surface area is 113 Å². The molecule has 1 aromatic carbocycles. The molecule has 1 rings (SSSR count). The molecule has 0 atom stereocenters. The number of hydrogen-bond donors (Lipinski definition) is 0. The normalized spacial score (nSPS) is 10.2. The first kappa shape index (κ1) is 14.9. The van der Waals surface area contributed by atoms with Gasteiger partial charge in [0, 0.05) is 12.0 Å². The standard InChI is InChI=1S/C15H18O4/c1-15(2,3)19-14(16)9-7-11-6-8-12(17-4)10-13(11)18-5/h6,8,10H,1-5H3. The number of esters is 1. The molecule has 0 unspecified atom stereocenters. The molecular weight excluding hydrogens is 244 g/mol. The summed E-state index contributed by atoms with van der Waals surface area (Å²) in [5, 5.41) is 0. The molecule has 0 radical (unpaired) electrons. The van der Waals surface area contributed by atoms with E-state index < -0.39 is 11.6 Å². The molecule has 4 nitrogen and oxygen atoms in total. The second-order valence-electron chi connectivity index (χ2n) is 4.82. The summed E-state index contributed by atoms with van der Waals surface area (Å²) in [4.78, 5) is 11.5. The summed E-state index contributed by atoms with van der Waals surface area (Å²) in [5.41, 5.74) is 0.0598. The number of hydrogen-bond acceptors (Lipinski definition) is 4. The second kappa shape index (κ2) is 6.14. The van der Waals surface area contributed by atoms with Gasteiger partial charge < -0.3 is 14.2 Å². The number of carbonyl (C=O) groups is 1. The lowest BCUT2D eigenvalue weighted by Gasteiger charge is -2.16. The van der Waals surface area contributed by atoms with Crippen molar-refractivity contribution in [3.05, 3.63) is 23.8 Å². The topological polar surface area (TPSA) is 44.8 Å². The maximum absolute atomic E-state index is 11.5. The van der Waals surface area contributed by atoms with Crippen LogP contribution < -0.4 is 9.47 Å². The molecule has 0 aliphatic carbocycles. The van der Waals surface area contributed by atoms with Gasteiger partial charge in [-0.25, -0.2) is 4.79 Å². The summed E-state index contributed by atoms with van der Waals surface area (Å²) < 4.78 is 15.4. The van der Waals surface area contributed by atoms with Crippen LogP contribution in [0.5, 0.6) is 11.5 Å². The summed E-state index contributed by atoms with van der Waals surface area (Å²) in [5.74, 6) is 5.82. The molecule has 0 saturated carbocycles. The Morgan fingerprint density at radius 3 is 2.37 bits per heavy atom. The molecule has 102 valence electrons. The third-order valence-corrected chi connectivity index (χ3v) is 2.11. The summed E-state index contributed by atoms with van der Waals surface area (Å²) >= 11 is 0. The highest BCUT2D eigenvalue weighted by Gasteiger charge is 2.14. The zero-order valence-electron chi connectivity index (χ0n) is 11.9. The van der Waals surface area contributed by atoms with Crippen molar-refractivity contribution < 1.29 is 19.0 Å². The maximum atomic E-state index is 11.5. The second-order valence-corrected chi connectivity index (χ2v) is 4.82. The van der Waals surface area contributed by atoms with E-state index in [0.29, 0.717) is 17.1 Å². The van der Waals surface area contributed by atoms with Gasteiger partial charge in [-0.05, 0) is 32.9 Å². The largest absolute Gasteiger partial charge is 0.497 e.